The number of aryl methyl sites for hydroxylation is 1. The lowest BCUT2D eigenvalue weighted by molar-refractivity contribution is 0.414. The van der Waals surface area contributed by atoms with Crippen LogP contribution < -0.4 is 10.5 Å². The predicted octanol–water partition coefficient (Wildman–Crippen LogP) is 2.63. The zero-order valence-corrected chi connectivity index (χ0v) is 10.2. The minimum Gasteiger partial charge on any atom is -0.497 e. The summed E-state index contributed by atoms with van der Waals surface area (Å²) in [6.07, 6.45) is 0.823. The first kappa shape index (κ1) is 11.0. The predicted molar refractivity (Wildman–Crippen MR) is 67.1 cm³/mol. The molecule has 0 amide bonds. The van der Waals surface area contributed by atoms with E-state index < -0.39 is 0 Å². The van der Waals surface area contributed by atoms with Crippen LogP contribution in [0, 0.1) is 6.92 Å². The first-order chi connectivity index (χ1) is 7.69. The topological polar surface area (TPSA) is 48.1 Å². The van der Waals surface area contributed by atoms with Crippen molar-refractivity contribution in [3.8, 4) is 5.75 Å². The summed E-state index contributed by atoms with van der Waals surface area (Å²) in [5.74, 6) is 0.873. The fourth-order valence-corrected chi connectivity index (χ4v) is 2.26. The van der Waals surface area contributed by atoms with Crippen molar-refractivity contribution in [2.75, 3.05) is 12.8 Å². The van der Waals surface area contributed by atoms with Gasteiger partial charge in [-0.05, 0) is 24.6 Å². The molecule has 0 aliphatic heterocycles. The number of benzene rings is 1. The molecule has 0 aliphatic rings. The first-order valence-electron chi connectivity index (χ1n) is 5.03. The van der Waals surface area contributed by atoms with Crippen molar-refractivity contribution >= 4 is 16.5 Å². The van der Waals surface area contributed by atoms with Gasteiger partial charge in [-0.15, -0.1) is 11.3 Å². The second-order valence-corrected chi connectivity index (χ2v) is 4.81. The highest BCUT2D eigenvalue weighted by Gasteiger charge is 2.06. The van der Waals surface area contributed by atoms with Crippen molar-refractivity contribution in [2.45, 2.75) is 13.3 Å². The third-order valence-electron chi connectivity index (χ3n) is 2.44. The van der Waals surface area contributed by atoms with Gasteiger partial charge in [0.15, 0.2) is 5.13 Å². The molecule has 2 N–H and O–H groups in total. The second kappa shape index (κ2) is 4.53. The van der Waals surface area contributed by atoms with E-state index in [9.17, 15) is 0 Å². The molecule has 2 aromatic rings. The summed E-state index contributed by atoms with van der Waals surface area (Å²) in [5.41, 5.74) is 7.95. The molecule has 4 heteroatoms. The Morgan fingerprint density at radius 2 is 2.00 bits per heavy atom. The Hall–Kier alpha value is -1.55. The maximum Gasteiger partial charge on any atom is 0.180 e. The quantitative estimate of drug-likeness (QED) is 0.888. The monoisotopic (exact) mass is 234 g/mol. The largest absolute Gasteiger partial charge is 0.497 e. The molecular weight excluding hydrogens is 220 g/mol. The lowest BCUT2D eigenvalue weighted by Crippen LogP contribution is -1.92. The average molecular weight is 234 g/mol. The van der Waals surface area contributed by atoms with Crippen LogP contribution in [-0.4, -0.2) is 12.1 Å². The van der Waals surface area contributed by atoms with Gasteiger partial charge in [0.05, 0.1) is 12.8 Å². The normalized spacial score (nSPS) is 10.4. The van der Waals surface area contributed by atoms with E-state index in [1.807, 2.05) is 31.2 Å². The fourth-order valence-electron chi connectivity index (χ4n) is 1.55. The van der Waals surface area contributed by atoms with Gasteiger partial charge in [0.25, 0.3) is 0 Å². The van der Waals surface area contributed by atoms with Crippen LogP contribution in [0.5, 0.6) is 5.75 Å². The third-order valence-corrected chi connectivity index (χ3v) is 3.28. The van der Waals surface area contributed by atoms with Crippen LogP contribution in [0.1, 0.15) is 16.1 Å². The zero-order chi connectivity index (χ0) is 11.5. The molecule has 0 atom stereocenters. The van der Waals surface area contributed by atoms with E-state index >= 15 is 0 Å². The number of hydrogen-bond donors (Lipinski definition) is 1. The highest BCUT2D eigenvalue weighted by atomic mass is 32.1. The fraction of sp³-hybridized carbons (Fsp3) is 0.250. The van der Waals surface area contributed by atoms with Crippen LogP contribution in [0.4, 0.5) is 5.13 Å². The highest BCUT2D eigenvalue weighted by molar-refractivity contribution is 7.15. The lowest BCUT2D eigenvalue weighted by atomic mass is 10.1. The molecule has 1 aromatic heterocycles. The molecule has 84 valence electrons. The number of anilines is 1. The Morgan fingerprint density at radius 1 is 1.31 bits per heavy atom. The third kappa shape index (κ3) is 2.33. The van der Waals surface area contributed by atoms with Gasteiger partial charge < -0.3 is 10.5 Å². The van der Waals surface area contributed by atoms with Crippen molar-refractivity contribution in [3.63, 3.8) is 0 Å². The van der Waals surface area contributed by atoms with E-state index in [4.69, 9.17) is 10.5 Å². The van der Waals surface area contributed by atoms with Gasteiger partial charge in [0.2, 0.25) is 0 Å². The molecule has 0 fully saturated rings. The van der Waals surface area contributed by atoms with Gasteiger partial charge in [-0.3, -0.25) is 0 Å². The van der Waals surface area contributed by atoms with E-state index in [1.54, 1.807) is 7.11 Å². The Kier molecular flexibility index (Phi) is 3.10. The van der Waals surface area contributed by atoms with E-state index in [0.717, 1.165) is 17.9 Å². The van der Waals surface area contributed by atoms with E-state index in [2.05, 4.69) is 4.98 Å². The number of nitrogens with zero attached hydrogens (tertiary/aromatic N) is 1. The van der Waals surface area contributed by atoms with Gasteiger partial charge >= 0.3 is 0 Å². The van der Waals surface area contributed by atoms with E-state index in [0.29, 0.717) is 5.13 Å². The maximum absolute atomic E-state index is 5.67. The van der Waals surface area contributed by atoms with Gasteiger partial charge in [0.1, 0.15) is 5.75 Å². The number of nitrogens with two attached hydrogens (primary N) is 1. The lowest BCUT2D eigenvalue weighted by Gasteiger charge is -2.02. The molecule has 3 nitrogen and oxygen atoms in total. The van der Waals surface area contributed by atoms with Gasteiger partial charge in [0, 0.05) is 11.3 Å². The number of ether oxygens (including phenoxy) is 1. The Morgan fingerprint density at radius 3 is 2.50 bits per heavy atom. The number of nitrogen functional groups attached to an aromatic ring is 1. The van der Waals surface area contributed by atoms with Crippen LogP contribution in [0.25, 0.3) is 0 Å². The average Bonchev–Trinajstić information content (AvgIpc) is 2.59. The number of thiazole rings is 1. The maximum atomic E-state index is 5.67. The van der Waals surface area contributed by atoms with Gasteiger partial charge in [-0.2, -0.15) is 0 Å². The van der Waals surface area contributed by atoms with Crippen LogP contribution in [0.2, 0.25) is 0 Å². The smallest absolute Gasteiger partial charge is 0.180 e. The minimum absolute atomic E-state index is 0.640. The van der Waals surface area contributed by atoms with Crippen LogP contribution >= 0.6 is 11.3 Å². The Labute approximate surface area is 98.9 Å². The molecule has 0 aliphatic carbocycles. The molecule has 0 saturated heterocycles. The highest BCUT2D eigenvalue weighted by Crippen LogP contribution is 2.22. The minimum atomic E-state index is 0.640. The standard InChI is InChI=1S/C12H14N2OS/c1-8-11(14-12(13)16-8)7-9-3-5-10(15-2)6-4-9/h3-6H,7H2,1-2H3,(H2,13,14). The molecule has 0 unspecified atom stereocenters. The van der Waals surface area contributed by atoms with Crippen molar-refractivity contribution < 1.29 is 4.74 Å². The molecule has 16 heavy (non-hydrogen) atoms. The van der Waals surface area contributed by atoms with E-state index in [1.165, 1.54) is 21.8 Å². The van der Waals surface area contributed by atoms with Crippen LogP contribution in [0.3, 0.4) is 0 Å². The number of rotatable bonds is 3. The molecule has 0 spiro atoms. The molecule has 0 saturated carbocycles. The molecule has 0 radical (unpaired) electrons. The number of hydrogen-bond acceptors (Lipinski definition) is 4. The molecule has 1 heterocycles. The summed E-state index contributed by atoms with van der Waals surface area (Å²) in [4.78, 5) is 5.50. The first-order valence-corrected chi connectivity index (χ1v) is 5.85. The van der Waals surface area contributed by atoms with Gasteiger partial charge in [-0.1, -0.05) is 12.1 Å². The van der Waals surface area contributed by atoms with E-state index in [-0.39, 0.29) is 0 Å². The van der Waals surface area contributed by atoms with Crippen molar-refractivity contribution in [1.29, 1.82) is 0 Å². The molecule has 2 rings (SSSR count). The summed E-state index contributed by atoms with van der Waals surface area (Å²) in [5, 5.41) is 0.640. The summed E-state index contributed by atoms with van der Waals surface area (Å²) < 4.78 is 5.11. The van der Waals surface area contributed by atoms with Crippen molar-refractivity contribution in [2.24, 2.45) is 0 Å². The van der Waals surface area contributed by atoms with Crippen LogP contribution in [-0.2, 0) is 6.42 Å². The molecule has 1 aromatic carbocycles. The molecular formula is C12H14N2OS. The summed E-state index contributed by atoms with van der Waals surface area (Å²) >= 11 is 1.54. The number of aromatic nitrogens is 1. The Bertz CT molecular complexity index is 476. The SMILES string of the molecule is COc1ccc(Cc2nc(N)sc2C)cc1. The van der Waals surface area contributed by atoms with Crippen molar-refractivity contribution in [3.05, 3.63) is 40.4 Å². The summed E-state index contributed by atoms with van der Waals surface area (Å²) in [6, 6.07) is 8.02. The summed E-state index contributed by atoms with van der Waals surface area (Å²) in [6.45, 7) is 2.05. The van der Waals surface area contributed by atoms with Crippen molar-refractivity contribution in [1.82, 2.24) is 4.98 Å². The van der Waals surface area contributed by atoms with Crippen LogP contribution in [0.15, 0.2) is 24.3 Å². The Balaban J connectivity index is 2.17. The second-order valence-electron chi connectivity index (χ2n) is 3.58. The molecule has 0 bridgehead atoms. The zero-order valence-electron chi connectivity index (χ0n) is 9.36. The summed E-state index contributed by atoms with van der Waals surface area (Å²) in [7, 11) is 1.67. The number of methoxy groups -OCH3 is 1. The van der Waals surface area contributed by atoms with Gasteiger partial charge in [-0.25, -0.2) is 4.98 Å².